The van der Waals surface area contributed by atoms with Gasteiger partial charge in [0.1, 0.15) is 5.82 Å². The lowest BCUT2D eigenvalue weighted by molar-refractivity contribution is -0.127. The Morgan fingerprint density at radius 2 is 2.00 bits per heavy atom. The van der Waals surface area contributed by atoms with Gasteiger partial charge in [-0.25, -0.2) is 4.39 Å². The highest BCUT2D eigenvalue weighted by molar-refractivity contribution is 6.00. The predicted octanol–water partition coefficient (Wildman–Crippen LogP) is 0.553. The van der Waals surface area contributed by atoms with Crippen LogP contribution < -0.4 is 16.0 Å². The second-order valence-electron chi connectivity index (χ2n) is 7.39. The van der Waals surface area contributed by atoms with Gasteiger partial charge in [-0.1, -0.05) is 6.07 Å². The highest BCUT2D eigenvalue weighted by Crippen LogP contribution is 2.28. The molecule has 1 aromatic rings. The molecule has 0 saturated carbocycles. The zero-order chi connectivity index (χ0) is 19.6. The fraction of sp³-hybridized carbons (Fsp3) is 0.526. The monoisotopic (exact) mass is 376 g/mol. The lowest BCUT2D eigenvalue weighted by Gasteiger charge is -2.32. The Kier molecular flexibility index (Phi) is 5.74. The minimum atomic E-state index is -0.484. The van der Waals surface area contributed by atoms with Crippen LogP contribution in [0.1, 0.15) is 24.8 Å². The smallest absolute Gasteiger partial charge is 0.231 e. The van der Waals surface area contributed by atoms with Crippen molar-refractivity contribution < 1.29 is 18.8 Å². The van der Waals surface area contributed by atoms with Gasteiger partial charge in [-0.15, -0.1) is 0 Å². The van der Waals surface area contributed by atoms with E-state index in [1.165, 1.54) is 11.0 Å². The molecule has 7 nitrogen and oxygen atoms in total. The van der Waals surface area contributed by atoms with Crippen molar-refractivity contribution in [1.29, 1.82) is 0 Å². The molecule has 2 aliphatic heterocycles. The largest absolute Gasteiger partial charge is 0.369 e. The van der Waals surface area contributed by atoms with Gasteiger partial charge in [0.05, 0.1) is 18.2 Å². The van der Waals surface area contributed by atoms with Crippen molar-refractivity contribution in [2.24, 2.45) is 11.7 Å². The second kappa shape index (κ2) is 8.04. The van der Waals surface area contributed by atoms with Crippen LogP contribution in [0.15, 0.2) is 18.2 Å². The van der Waals surface area contributed by atoms with E-state index in [1.54, 1.807) is 19.1 Å². The van der Waals surface area contributed by atoms with E-state index < -0.39 is 11.7 Å². The summed E-state index contributed by atoms with van der Waals surface area (Å²) in [6.07, 6.45) is 1.55. The summed E-state index contributed by atoms with van der Waals surface area (Å²) in [6, 6.07) is 4.73. The van der Waals surface area contributed by atoms with Crippen molar-refractivity contribution in [2.75, 3.05) is 31.1 Å². The Morgan fingerprint density at radius 1 is 1.30 bits per heavy atom. The molecule has 2 saturated heterocycles. The lowest BCUT2D eigenvalue weighted by Crippen LogP contribution is -2.48. The first-order chi connectivity index (χ1) is 12.8. The molecule has 8 heteroatoms. The van der Waals surface area contributed by atoms with Crippen molar-refractivity contribution in [2.45, 2.75) is 32.2 Å². The van der Waals surface area contributed by atoms with Crippen molar-refractivity contribution in [3.05, 3.63) is 29.6 Å². The molecule has 0 bridgehead atoms. The van der Waals surface area contributed by atoms with E-state index in [9.17, 15) is 18.8 Å². The number of carbonyl (C=O) groups is 3. The molecule has 0 radical (unpaired) electrons. The van der Waals surface area contributed by atoms with E-state index in [1.807, 2.05) is 4.90 Å². The lowest BCUT2D eigenvalue weighted by atomic mass is 10.0. The molecule has 2 fully saturated rings. The van der Waals surface area contributed by atoms with Gasteiger partial charge in [0, 0.05) is 32.1 Å². The van der Waals surface area contributed by atoms with Gasteiger partial charge in [0.15, 0.2) is 0 Å². The number of aryl methyl sites for hydroxylation is 1. The van der Waals surface area contributed by atoms with E-state index in [0.717, 1.165) is 18.4 Å². The van der Waals surface area contributed by atoms with Gasteiger partial charge < -0.3 is 16.0 Å². The highest BCUT2D eigenvalue weighted by Gasteiger charge is 2.37. The standard InChI is InChI=1S/C19H25FN4O3/c1-12-2-3-16(15(20)8-12)24-10-13(9-18(24)26)19(27)22-14-4-6-23(7-5-14)11-17(21)25/h2-3,8,13-14H,4-7,9-11H2,1H3,(H2,21,25)(H,22,27). The topological polar surface area (TPSA) is 95.7 Å². The van der Waals surface area contributed by atoms with Crippen molar-refractivity contribution >= 4 is 23.4 Å². The molecule has 1 aromatic carbocycles. The molecule has 0 aromatic heterocycles. The average molecular weight is 376 g/mol. The van der Waals surface area contributed by atoms with Gasteiger partial charge >= 0.3 is 0 Å². The van der Waals surface area contributed by atoms with Crippen LogP contribution in [0.3, 0.4) is 0 Å². The first-order valence-electron chi connectivity index (χ1n) is 9.21. The number of likely N-dealkylation sites (tertiary alicyclic amines) is 1. The maximum Gasteiger partial charge on any atom is 0.231 e. The predicted molar refractivity (Wildman–Crippen MR) is 98.4 cm³/mol. The number of benzene rings is 1. The van der Waals surface area contributed by atoms with Crippen LogP contribution in [0.2, 0.25) is 0 Å². The highest BCUT2D eigenvalue weighted by atomic mass is 19.1. The maximum atomic E-state index is 14.2. The second-order valence-corrected chi connectivity index (χ2v) is 7.39. The number of primary amides is 1. The van der Waals surface area contributed by atoms with Crippen LogP contribution in [0.4, 0.5) is 10.1 Å². The molecule has 2 heterocycles. The molecule has 0 spiro atoms. The van der Waals surface area contributed by atoms with E-state index in [0.29, 0.717) is 13.1 Å². The van der Waals surface area contributed by atoms with Crippen LogP contribution in [-0.2, 0) is 14.4 Å². The Hall–Kier alpha value is -2.48. The third-order valence-corrected chi connectivity index (χ3v) is 5.20. The normalized spacial score (nSPS) is 21.5. The number of nitrogens with two attached hydrogens (primary N) is 1. The number of piperidine rings is 1. The quantitative estimate of drug-likeness (QED) is 0.785. The van der Waals surface area contributed by atoms with Gasteiger partial charge in [-0.3, -0.25) is 19.3 Å². The first-order valence-corrected chi connectivity index (χ1v) is 9.21. The van der Waals surface area contributed by atoms with Crippen LogP contribution >= 0.6 is 0 Å². The molecule has 1 unspecified atom stereocenters. The Balaban J connectivity index is 1.54. The Morgan fingerprint density at radius 3 is 2.63 bits per heavy atom. The number of halogens is 1. The Labute approximate surface area is 157 Å². The van der Waals surface area contributed by atoms with Crippen molar-refractivity contribution in [1.82, 2.24) is 10.2 Å². The third kappa shape index (κ3) is 4.63. The number of nitrogens with zero attached hydrogens (tertiary/aromatic N) is 2. The molecule has 0 aliphatic carbocycles. The summed E-state index contributed by atoms with van der Waals surface area (Å²) in [4.78, 5) is 39.1. The number of hydrogen-bond acceptors (Lipinski definition) is 4. The SMILES string of the molecule is Cc1ccc(N2CC(C(=O)NC3CCN(CC(N)=O)CC3)CC2=O)c(F)c1. The zero-order valence-corrected chi connectivity index (χ0v) is 15.4. The molecule has 3 rings (SSSR count). The first kappa shape index (κ1) is 19.3. The van der Waals surface area contributed by atoms with Crippen molar-refractivity contribution in [3.63, 3.8) is 0 Å². The minimum absolute atomic E-state index is 0.0156. The van der Waals surface area contributed by atoms with Crippen molar-refractivity contribution in [3.8, 4) is 0 Å². The zero-order valence-electron chi connectivity index (χ0n) is 15.4. The van der Waals surface area contributed by atoms with Gasteiger partial charge in [0.25, 0.3) is 0 Å². The Bertz CT molecular complexity index is 746. The average Bonchev–Trinajstić information content (AvgIpc) is 2.98. The molecule has 1 atom stereocenters. The number of nitrogens with one attached hydrogen (secondary N) is 1. The van der Waals surface area contributed by atoms with Crippen LogP contribution in [0, 0.1) is 18.7 Å². The number of amides is 3. The van der Waals surface area contributed by atoms with Crippen LogP contribution in [-0.4, -0.2) is 54.8 Å². The molecule has 146 valence electrons. The fourth-order valence-electron chi connectivity index (χ4n) is 3.72. The van der Waals surface area contributed by atoms with E-state index >= 15 is 0 Å². The summed E-state index contributed by atoms with van der Waals surface area (Å²) in [5.41, 5.74) is 6.20. The summed E-state index contributed by atoms with van der Waals surface area (Å²) in [7, 11) is 0. The molecule has 3 N–H and O–H groups in total. The molecule has 27 heavy (non-hydrogen) atoms. The number of anilines is 1. The third-order valence-electron chi connectivity index (χ3n) is 5.20. The van der Waals surface area contributed by atoms with E-state index in [-0.39, 0.29) is 49.0 Å². The molecule has 3 amide bonds. The van der Waals surface area contributed by atoms with E-state index in [4.69, 9.17) is 5.73 Å². The number of hydrogen-bond donors (Lipinski definition) is 2. The van der Waals surface area contributed by atoms with Gasteiger partial charge in [0.2, 0.25) is 17.7 Å². The number of rotatable bonds is 5. The summed E-state index contributed by atoms with van der Waals surface area (Å²) >= 11 is 0. The number of carbonyl (C=O) groups excluding carboxylic acids is 3. The van der Waals surface area contributed by atoms with E-state index in [2.05, 4.69) is 5.32 Å². The van der Waals surface area contributed by atoms with Crippen LogP contribution in [0.5, 0.6) is 0 Å². The summed E-state index contributed by atoms with van der Waals surface area (Å²) in [5.74, 6) is -1.71. The van der Waals surface area contributed by atoms with Gasteiger partial charge in [-0.05, 0) is 37.5 Å². The minimum Gasteiger partial charge on any atom is -0.369 e. The molecular weight excluding hydrogens is 351 g/mol. The molecular formula is C19H25FN4O3. The fourth-order valence-corrected chi connectivity index (χ4v) is 3.72. The van der Waals surface area contributed by atoms with Gasteiger partial charge in [-0.2, -0.15) is 0 Å². The van der Waals surface area contributed by atoms with Crippen LogP contribution in [0.25, 0.3) is 0 Å². The summed E-state index contributed by atoms with van der Waals surface area (Å²) in [6.45, 7) is 3.58. The maximum absolute atomic E-state index is 14.2. The summed E-state index contributed by atoms with van der Waals surface area (Å²) in [5, 5.41) is 3.00. The summed E-state index contributed by atoms with van der Waals surface area (Å²) < 4.78 is 14.2. The molecule has 2 aliphatic rings.